The van der Waals surface area contributed by atoms with Gasteiger partial charge in [0.15, 0.2) is 5.75 Å². The minimum absolute atomic E-state index is 0.285. The molecule has 7 heteroatoms. The molecule has 0 aliphatic heterocycles. The van der Waals surface area contributed by atoms with Crippen molar-refractivity contribution < 1.29 is 9.84 Å². The third-order valence-corrected chi connectivity index (χ3v) is 4.28. The third kappa shape index (κ3) is 3.78. The van der Waals surface area contributed by atoms with Crippen molar-refractivity contribution in [1.29, 1.82) is 0 Å². The molecule has 0 amide bonds. The van der Waals surface area contributed by atoms with E-state index in [-0.39, 0.29) is 5.75 Å². The van der Waals surface area contributed by atoms with Crippen molar-refractivity contribution in [2.24, 2.45) is 0 Å². The first-order valence-corrected chi connectivity index (χ1v) is 8.73. The van der Waals surface area contributed by atoms with E-state index in [1.165, 1.54) is 12.3 Å². The van der Waals surface area contributed by atoms with E-state index in [1.807, 2.05) is 60.8 Å². The number of pyridine rings is 1. The normalized spacial score (nSPS) is 10.8. The summed E-state index contributed by atoms with van der Waals surface area (Å²) in [4.78, 5) is 11.5. The molecular formula is C21H18N4O3. The van der Waals surface area contributed by atoms with Gasteiger partial charge in [0.2, 0.25) is 5.43 Å². The Bertz CT molecular complexity index is 1150. The summed E-state index contributed by atoms with van der Waals surface area (Å²) in [7, 11) is 0. The molecule has 140 valence electrons. The second-order valence-electron chi connectivity index (χ2n) is 6.36. The molecule has 2 heterocycles. The van der Waals surface area contributed by atoms with Crippen LogP contribution in [-0.2, 0) is 6.54 Å². The van der Waals surface area contributed by atoms with E-state index in [4.69, 9.17) is 4.74 Å². The maximum absolute atomic E-state index is 11.5. The summed E-state index contributed by atoms with van der Waals surface area (Å²) < 4.78 is 9.21. The van der Waals surface area contributed by atoms with E-state index in [9.17, 15) is 9.90 Å². The van der Waals surface area contributed by atoms with E-state index in [0.717, 1.165) is 22.9 Å². The van der Waals surface area contributed by atoms with Crippen LogP contribution < -0.4 is 10.2 Å². The van der Waals surface area contributed by atoms with Gasteiger partial charge in [0, 0.05) is 11.8 Å². The maximum atomic E-state index is 11.5. The number of hydrogen-bond donors (Lipinski definition) is 1. The van der Waals surface area contributed by atoms with Gasteiger partial charge in [-0.15, -0.1) is 5.10 Å². The average molecular weight is 374 g/mol. The SMILES string of the molecule is Cc1cc(=O)c(O)cn1Cc1cn(-c2ccc(Oc3ccccc3)cc2)nn1. The van der Waals surface area contributed by atoms with E-state index in [2.05, 4.69) is 10.3 Å². The van der Waals surface area contributed by atoms with Gasteiger partial charge in [0.25, 0.3) is 0 Å². The van der Waals surface area contributed by atoms with Gasteiger partial charge >= 0.3 is 0 Å². The molecule has 4 rings (SSSR count). The number of para-hydroxylation sites is 1. The number of aryl methyl sites for hydroxylation is 1. The van der Waals surface area contributed by atoms with Gasteiger partial charge in [-0.05, 0) is 43.3 Å². The molecule has 7 nitrogen and oxygen atoms in total. The van der Waals surface area contributed by atoms with Crippen LogP contribution in [0.2, 0.25) is 0 Å². The van der Waals surface area contributed by atoms with Crippen LogP contribution in [0.4, 0.5) is 0 Å². The first-order chi connectivity index (χ1) is 13.6. The van der Waals surface area contributed by atoms with Crippen LogP contribution in [0.5, 0.6) is 17.2 Å². The number of hydrogen-bond acceptors (Lipinski definition) is 5. The van der Waals surface area contributed by atoms with E-state index in [0.29, 0.717) is 12.2 Å². The standard InChI is InChI=1S/C21H18N4O3/c1-15-11-20(26)21(27)14-24(15)12-16-13-25(23-22-16)17-7-9-19(10-8-17)28-18-5-3-2-4-6-18/h2-11,13-14,27H,12H2,1H3. The minimum atomic E-state index is -0.393. The summed E-state index contributed by atoms with van der Waals surface area (Å²) in [5.74, 6) is 1.22. The van der Waals surface area contributed by atoms with Gasteiger partial charge in [-0.3, -0.25) is 4.79 Å². The fraction of sp³-hybridized carbons (Fsp3) is 0.0952. The van der Waals surface area contributed by atoms with E-state index >= 15 is 0 Å². The number of nitrogens with zero attached hydrogens (tertiary/aromatic N) is 4. The van der Waals surface area contributed by atoms with Gasteiger partial charge in [-0.1, -0.05) is 23.4 Å². The average Bonchev–Trinajstić information content (AvgIpc) is 3.16. The van der Waals surface area contributed by atoms with Crippen LogP contribution in [0.3, 0.4) is 0 Å². The minimum Gasteiger partial charge on any atom is -0.503 e. The Kier molecular flexibility index (Phi) is 4.63. The summed E-state index contributed by atoms with van der Waals surface area (Å²) in [5, 5.41) is 18.0. The lowest BCUT2D eigenvalue weighted by molar-refractivity contribution is 0.461. The molecule has 0 bridgehead atoms. The number of aromatic hydroxyl groups is 1. The molecule has 2 aromatic heterocycles. The molecule has 0 aliphatic carbocycles. The van der Waals surface area contributed by atoms with Crippen molar-refractivity contribution in [3.05, 3.63) is 94.7 Å². The van der Waals surface area contributed by atoms with Crippen LogP contribution in [0.1, 0.15) is 11.4 Å². The van der Waals surface area contributed by atoms with E-state index in [1.54, 1.807) is 16.2 Å². The monoisotopic (exact) mass is 374 g/mol. The zero-order chi connectivity index (χ0) is 19.5. The Morgan fingerprint density at radius 1 is 1.00 bits per heavy atom. The molecule has 4 aromatic rings. The van der Waals surface area contributed by atoms with Crippen LogP contribution >= 0.6 is 0 Å². The zero-order valence-electron chi connectivity index (χ0n) is 15.2. The predicted octanol–water partition coefficient (Wildman–Crippen LogP) is 3.28. The zero-order valence-corrected chi connectivity index (χ0v) is 15.2. The Morgan fingerprint density at radius 3 is 2.46 bits per heavy atom. The van der Waals surface area contributed by atoms with Gasteiger partial charge in [0.05, 0.1) is 24.6 Å². The van der Waals surface area contributed by atoms with Gasteiger partial charge in [0.1, 0.15) is 17.2 Å². The summed E-state index contributed by atoms with van der Waals surface area (Å²) in [6.45, 7) is 2.20. The second-order valence-corrected chi connectivity index (χ2v) is 6.36. The molecule has 0 radical (unpaired) electrons. The molecule has 28 heavy (non-hydrogen) atoms. The van der Waals surface area contributed by atoms with Gasteiger partial charge in [-0.25, -0.2) is 4.68 Å². The number of benzene rings is 2. The highest BCUT2D eigenvalue weighted by Gasteiger charge is 2.07. The highest BCUT2D eigenvalue weighted by molar-refractivity contribution is 5.39. The fourth-order valence-electron chi connectivity index (χ4n) is 2.79. The first-order valence-electron chi connectivity index (χ1n) is 8.73. The molecule has 0 atom stereocenters. The largest absolute Gasteiger partial charge is 0.503 e. The summed E-state index contributed by atoms with van der Waals surface area (Å²) >= 11 is 0. The third-order valence-electron chi connectivity index (χ3n) is 4.28. The highest BCUT2D eigenvalue weighted by atomic mass is 16.5. The van der Waals surface area contributed by atoms with Crippen LogP contribution in [0, 0.1) is 6.92 Å². The van der Waals surface area contributed by atoms with Crippen molar-refractivity contribution in [3.63, 3.8) is 0 Å². The van der Waals surface area contributed by atoms with Gasteiger partial charge in [-0.2, -0.15) is 0 Å². The smallest absolute Gasteiger partial charge is 0.223 e. The molecule has 1 N–H and O–H groups in total. The lowest BCUT2D eigenvalue weighted by atomic mass is 10.3. The number of rotatable bonds is 5. The molecular weight excluding hydrogens is 356 g/mol. The molecule has 0 saturated heterocycles. The molecule has 0 spiro atoms. The summed E-state index contributed by atoms with van der Waals surface area (Å²) in [5.41, 5.74) is 1.89. The molecule has 0 unspecified atom stereocenters. The Hall–Kier alpha value is -3.87. The van der Waals surface area contributed by atoms with Crippen molar-refractivity contribution in [1.82, 2.24) is 19.6 Å². The predicted molar refractivity (Wildman–Crippen MR) is 104 cm³/mol. The second kappa shape index (κ2) is 7.40. The topological polar surface area (TPSA) is 82.2 Å². The Labute approximate surface area is 161 Å². The van der Waals surface area contributed by atoms with Crippen LogP contribution in [-0.4, -0.2) is 24.7 Å². The van der Waals surface area contributed by atoms with Crippen molar-refractivity contribution in [2.75, 3.05) is 0 Å². The first kappa shape index (κ1) is 17.5. The fourth-order valence-corrected chi connectivity index (χ4v) is 2.79. The van der Waals surface area contributed by atoms with Crippen LogP contribution in [0.25, 0.3) is 5.69 Å². The maximum Gasteiger partial charge on any atom is 0.223 e. The quantitative estimate of drug-likeness (QED) is 0.580. The number of aromatic nitrogens is 4. The number of ether oxygens (including phenoxy) is 1. The summed E-state index contributed by atoms with van der Waals surface area (Å²) in [6.07, 6.45) is 3.22. The highest BCUT2D eigenvalue weighted by Crippen LogP contribution is 2.22. The molecule has 2 aromatic carbocycles. The van der Waals surface area contributed by atoms with E-state index < -0.39 is 5.43 Å². The molecule has 0 aliphatic rings. The lowest BCUT2D eigenvalue weighted by Gasteiger charge is -2.08. The molecule has 0 fully saturated rings. The Balaban J connectivity index is 1.50. The van der Waals surface area contributed by atoms with Crippen molar-refractivity contribution >= 4 is 0 Å². The van der Waals surface area contributed by atoms with Crippen LogP contribution in [0.15, 0.2) is 77.9 Å². The van der Waals surface area contributed by atoms with Gasteiger partial charge < -0.3 is 14.4 Å². The van der Waals surface area contributed by atoms with Crippen molar-refractivity contribution in [3.8, 4) is 22.9 Å². The Morgan fingerprint density at radius 2 is 1.71 bits per heavy atom. The summed E-state index contributed by atoms with van der Waals surface area (Å²) in [6, 6.07) is 18.5. The van der Waals surface area contributed by atoms with Crippen molar-refractivity contribution in [2.45, 2.75) is 13.5 Å². The molecule has 0 saturated carbocycles. The lowest BCUT2D eigenvalue weighted by Crippen LogP contribution is -2.10.